The summed E-state index contributed by atoms with van der Waals surface area (Å²) in [5.74, 6) is -0.506. The van der Waals surface area contributed by atoms with Gasteiger partial charge >= 0.3 is 0 Å². The van der Waals surface area contributed by atoms with E-state index in [9.17, 15) is 14.4 Å². The molecule has 0 aromatic carbocycles. The van der Waals surface area contributed by atoms with Crippen molar-refractivity contribution in [2.75, 3.05) is 6.54 Å². The van der Waals surface area contributed by atoms with E-state index in [-0.39, 0.29) is 16.9 Å². The maximum absolute atomic E-state index is 12.7. The molecule has 0 radical (unpaired) electrons. The Morgan fingerprint density at radius 1 is 1.32 bits per heavy atom. The predicted octanol–water partition coefficient (Wildman–Crippen LogP) is 0.549. The summed E-state index contributed by atoms with van der Waals surface area (Å²) in [5.41, 5.74) is 6.65. The molecule has 6 heteroatoms. The van der Waals surface area contributed by atoms with Gasteiger partial charge in [-0.1, -0.05) is 6.92 Å². The van der Waals surface area contributed by atoms with Crippen molar-refractivity contribution in [3.63, 3.8) is 0 Å². The second kappa shape index (κ2) is 4.00. The number of fused-ring (bicyclic) bond motifs is 1. The largest absolute Gasteiger partial charge is 0.365 e. The van der Waals surface area contributed by atoms with Gasteiger partial charge in [0.15, 0.2) is 0 Å². The van der Waals surface area contributed by atoms with Crippen LogP contribution in [0, 0.1) is 10.8 Å². The number of aromatic amines is 1. The van der Waals surface area contributed by atoms with E-state index < -0.39 is 11.5 Å². The number of hydrogen-bond donors (Lipinski definition) is 2. The van der Waals surface area contributed by atoms with Crippen molar-refractivity contribution >= 4 is 11.8 Å². The highest BCUT2D eigenvalue weighted by molar-refractivity contribution is 5.92. The maximum atomic E-state index is 12.7. The monoisotopic (exact) mass is 301 g/mol. The molecule has 0 spiro atoms. The maximum Gasteiger partial charge on any atom is 0.261 e. The zero-order chi connectivity index (χ0) is 15.7. The van der Waals surface area contributed by atoms with Crippen molar-refractivity contribution in [1.82, 2.24) is 9.88 Å². The van der Waals surface area contributed by atoms with Gasteiger partial charge in [0.05, 0.1) is 5.41 Å². The number of amides is 2. The minimum atomic E-state index is -0.736. The van der Waals surface area contributed by atoms with Crippen molar-refractivity contribution in [2.24, 2.45) is 16.6 Å². The summed E-state index contributed by atoms with van der Waals surface area (Å²) in [6.45, 7) is 3.30. The predicted molar refractivity (Wildman–Crippen MR) is 79.1 cm³/mol. The molecule has 5 rings (SSSR count). The SMILES string of the molecule is CC12CC(C(=O)N3CCc4[nH]c(=O)c(C(N)=O)cc4C3)(C1)C2. The molecule has 1 aliphatic heterocycles. The lowest BCUT2D eigenvalue weighted by molar-refractivity contribution is -0.210. The molecule has 0 saturated heterocycles. The molecule has 6 nitrogen and oxygen atoms in total. The van der Waals surface area contributed by atoms with Crippen LogP contribution in [0.2, 0.25) is 0 Å². The summed E-state index contributed by atoms with van der Waals surface area (Å²) >= 11 is 0. The van der Waals surface area contributed by atoms with Gasteiger partial charge < -0.3 is 15.6 Å². The fourth-order valence-electron chi connectivity index (χ4n) is 4.72. The molecule has 2 bridgehead atoms. The number of H-pyrrole nitrogens is 1. The topological polar surface area (TPSA) is 96.3 Å². The third-order valence-electron chi connectivity index (χ3n) is 5.51. The summed E-state index contributed by atoms with van der Waals surface area (Å²) in [6.07, 6.45) is 3.61. The highest BCUT2D eigenvalue weighted by Crippen LogP contribution is 2.73. The molecule has 3 fully saturated rings. The van der Waals surface area contributed by atoms with E-state index in [0.29, 0.717) is 24.9 Å². The lowest BCUT2D eigenvalue weighted by Gasteiger charge is -2.69. The van der Waals surface area contributed by atoms with Crippen molar-refractivity contribution < 1.29 is 9.59 Å². The Kier molecular flexibility index (Phi) is 2.46. The van der Waals surface area contributed by atoms with Crippen LogP contribution < -0.4 is 11.3 Å². The van der Waals surface area contributed by atoms with Crippen LogP contribution in [0.5, 0.6) is 0 Å². The molecule has 116 valence electrons. The van der Waals surface area contributed by atoms with Gasteiger partial charge in [0.2, 0.25) is 5.91 Å². The second-order valence-corrected chi connectivity index (χ2v) is 7.48. The van der Waals surface area contributed by atoms with E-state index >= 15 is 0 Å². The van der Waals surface area contributed by atoms with Crippen molar-refractivity contribution in [1.29, 1.82) is 0 Å². The van der Waals surface area contributed by atoms with Crippen molar-refractivity contribution in [3.8, 4) is 0 Å². The summed E-state index contributed by atoms with van der Waals surface area (Å²) < 4.78 is 0. The van der Waals surface area contributed by atoms with Crippen LogP contribution in [0.3, 0.4) is 0 Å². The van der Waals surface area contributed by atoms with Gasteiger partial charge in [0, 0.05) is 25.2 Å². The van der Waals surface area contributed by atoms with Crippen LogP contribution in [-0.2, 0) is 17.8 Å². The average Bonchev–Trinajstić information content (AvgIpc) is 2.40. The van der Waals surface area contributed by atoms with Gasteiger partial charge in [-0.25, -0.2) is 0 Å². The third kappa shape index (κ3) is 1.69. The summed E-state index contributed by atoms with van der Waals surface area (Å²) in [7, 11) is 0. The van der Waals surface area contributed by atoms with Crippen LogP contribution in [0.25, 0.3) is 0 Å². The summed E-state index contributed by atoms with van der Waals surface area (Å²) in [5, 5.41) is 0. The molecule has 3 N–H and O–H groups in total. The number of hydrogen-bond acceptors (Lipinski definition) is 3. The molecule has 1 aromatic rings. The number of aromatic nitrogens is 1. The van der Waals surface area contributed by atoms with Crippen LogP contribution >= 0.6 is 0 Å². The Hall–Kier alpha value is -2.11. The van der Waals surface area contributed by atoms with Gasteiger partial charge in [-0.2, -0.15) is 0 Å². The Morgan fingerprint density at radius 3 is 2.59 bits per heavy atom. The van der Waals surface area contributed by atoms with E-state index in [4.69, 9.17) is 5.73 Å². The highest BCUT2D eigenvalue weighted by Gasteiger charge is 2.69. The first-order valence-electron chi connectivity index (χ1n) is 7.66. The Labute approximate surface area is 127 Å². The zero-order valence-corrected chi connectivity index (χ0v) is 12.6. The molecule has 0 atom stereocenters. The Balaban J connectivity index is 1.59. The minimum Gasteiger partial charge on any atom is -0.365 e. The minimum absolute atomic E-state index is 0.0360. The quantitative estimate of drug-likeness (QED) is 0.835. The van der Waals surface area contributed by atoms with Gasteiger partial charge in [0.25, 0.3) is 11.5 Å². The number of rotatable bonds is 2. The number of carbonyl (C=O) groups is 2. The van der Waals surface area contributed by atoms with Gasteiger partial charge in [-0.15, -0.1) is 0 Å². The molecule has 2 amide bonds. The van der Waals surface area contributed by atoms with Crippen LogP contribution in [0.4, 0.5) is 0 Å². The van der Waals surface area contributed by atoms with Gasteiger partial charge in [0.1, 0.15) is 5.56 Å². The molecule has 2 heterocycles. The van der Waals surface area contributed by atoms with E-state index in [1.165, 1.54) is 0 Å². The fourth-order valence-corrected chi connectivity index (χ4v) is 4.72. The second-order valence-electron chi connectivity index (χ2n) is 7.48. The Bertz CT molecular complexity index is 745. The molecule has 4 aliphatic rings. The summed E-state index contributed by atoms with van der Waals surface area (Å²) in [4.78, 5) is 40.4. The molecular formula is C16H19N3O3. The number of nitrogens with one attached hydrogen (secondary N) is 1. The number of nitrogens with zero attached hydrogens (tertiary/aromatic N) is 1. The van der Waals surface area contributed by atoms with Crippen LogP contribution in [0.15, 0.2) is 10.9 Å². The van der Waals surface area contributed by atoms with Crippen LogP contribution in [-0.4, -0.2) is 28.2 Å². The molecule has 1 aromatic heterocycles. The smallest absolute Gasteiger partial charge is 0.261 e. The van der Waals surface area contributed by atoms with E-state index in [0.717, 1.165) is 30.5 Å². The van der Waals surface area contributed by atoms with Crippen molar-refractivity contribution in [3.05, 3.63) is 33.2 Å². The zero-order valence-electron chi connectivity index (χ0n) is 12.6. The number of nitrogens with two attached hydrogens (primary N) is 1. The Morgan fingerprint density at radius 2 is 2.00 bits per heavy atom. The first-order valence-corrected chi connectivity index (χ1v) is 7.66. The first kappa shape index (κ1) is 13.5. The molecule has 3 saturated carbocycles. The van der Waals surface area contributed by atoms with E-state index in [1.54, 1.807) is 6.07 Å². The number of primary amides is 1. The lowest BCUT2D eigenvalue weighted by atomic mass is 9.35. The highest BCUT2D eigenvalue weighted by atomic mass is 16.2. The standard InChI is InChI=1S/C16H19N3O3/c1-15-6-16(7-15,8-15)14(22)19-3-2-11-9(5-19)4-10(12(17)20)13(21)18-11/h4H,2-3,5-8H2,1H3,(H2,17,20)(H,18,21). The fraction of sp³-hybridized carbons (Fsp3) is 0.562. The molecular weight excluding hydrogens is 282 g/mol. The van der Waals surface area contributed by atoms with Gasteiger partial charge in [-0.05, 0) is 36.3 Å². The molecule has 0 unspecified atom stereocenters. The average molecular weight is 301 g/mol. The molecule has 22 heavy (non-hydrogen) atoms. The van der Waals surface area contributed by atoms with Crippen LogP contribution in [0.1, 0.15) is 47.8 Å². The van der Waals surface area contributed by atoms with E-state index in [2.05, 4.69) is 11.9 Å². The molecule has 3 aliphatic carbocycles. The normalized spacial score (nSPS) is 31.8. The summed E-state index contributed by atoms with van der Waals surface area (Å²) in [6, 6.07) is 1.54. The first-order chi connectivity index (χ1) is 10.3. The number of pyridine rings is 1. The lowest BCUT2D eigenvalue weighted by Crippen LogP contribution is -2.67. The third-order valence-corrected chi connectivity index (χ3v) is 5.51. The van der Waals surface area contributed by atoms with Gasteiger partial charge in [-0.3, -0.25) is 14.4 Å². The van der Waals surface area contributed by atoms with Crippen molar-refractivity contribution in [2.45, 2.75) is 39.2 Å². The van der Waals surface area contributed by atoms with E-state index in [1.807, 2.05) is 4.90 Å². The number of carbonyl (C=O) groups excluding carboxylic acids is 2.